The summed E-state index contributed by atoms with van der Waals surface area (Å²) in [5.41, 5.74) is -1.52. The van der Waals surface area contributed by atoms with Crippen LogP contribution in [0.3, 0.4) is 0 Å². The number of amides is 1. The highest BCUT2D eigenvalue weighted by Gasteiger charge is 2.47. The molecule has 1 aliphatic heterocycles. The summed E-state index contributed by atoms with van der Waals surface area (Å²) < 4.78 is 32.7. The fourth-order valence-electron chi connectivity index (χ4n) is 4.01. The van der Waals surface area contributed by atoms with Crippen molar-refractivity contribution < 1.29 is 33.1 Å². The van der Waals surface area contributed by atoms with Gasteiger partial charge in [0.05, 0.1) is 12.0 Å². The molecule has 1 saturated heterocycles. The smallest absolute Gasteiger partial charge is 0.319 e. The number of aliphatic carboxylic acids is 1. The van der Waals surface area contributed by atoms with Crippen LogP contribution in [-0.2, 0) is 19.6 Å². The van der Waals surface area contributed by atoms with Gasteiger partial charge in [0.25, 0.3) is 0 Å². The zero-order valence-electron chi connectivity index (χ0n) is 20.3. The van der Waals surface area contributed by atoms with Crippen LogP contribution in [0, 0.1) is 11.3 Å². The number of rotatable bonds is 12. The Morgan fingerprint density at radius 2 is 1.71 bits per heavy atom. The molecule has 1 amide bonds. The summed E-state index contributed by atoms with van der Waals surface area (Å²) in [6, 6.07) is 6.02. The molecule has 34 heavy (non-hydrogen) atoms. The third-order valence-electron chi connectivity index (χ3n) is 6.05. The lowest BCUT2D eigenvalue weighted by molar-refractivity contribution is -0.163. The molecule has 1 aromatic rings. The second-order valence-corrected chi connectivity index (χ2v) is 10.6. The number of carbonyl (C=O) groups is 2. The second kappa shape index (κ2) is 14.2. The van der Waals surface area contributed by atoms with Crippen molar-refractivity contribution in [2.24, 2.45) is 17.2 Å². The Balaban J connectivity index is 0.00000281. The van der Waals surface area contributed by atoms with Crippen LogP contribution in [0.5, 0.6) is 5.75 Å². The largest absolute Gasteiger partial charge is 0.497 e. The van der Waals surface area contributed by atoms with Gasteiger partial charge in [0.1, 0.15) is 11.2 Å². The average molecular weight is 502 g/mol. The predicted octanol–water partition coefficient (Wildman–Crippen LogP) is 2.61. The normalized spacial score (nSPS) is 15.8. The van der Waals surface area contributed by atoms with E-state index in [1.165, 1.54) is 19.2 Å². The van der Waals surface area contributed by atoms with Crippen molar-refractivity contribution in [3.05, 3.63) is 24.3 Å². The molecule has 194 valence electrons. The molecule has 1 aliphatic rings. The molecule has 0 saturated carbocycles. The monoisotopic (exact) mass is 501 g/mol. The van der Waals surface area contributed by atoms with Gasteiger partial charge in [-0.15, -0.1) is 0 Å². The number of piperidine rings is 1. The molecule has 1 aromatic carbocycles. The van der Waals surface area contributed by atoms with Gasteiger partial charge in [-0.05, 0) is 75.1 Å². The minimum atomic E-state index is -3.74. The van der Waals surface area contributed by atoms with Gasteiger partial charge in [-0.1, -0.05) is 13.8 Å². The first-order chi connectivity index (χ1) is 16.1. The minimum absolute atomic E-state index is 0.0539. The van der Waals surface area contributed by atoms with Crippen LogP contribution in [0.25, 0.3) is 0 Å². The van der Waals surface area contributed by atoms with Crippen LogP contribution in [0.2, 0.25) is 0 Å². The number of nitrogens with one attached hydrogen (secondary N) is 1. The highest BCUT2D eigenvalue weighted by atomic mass is 32.2. The molecule has 11 heteroatoms. The molecular formula is C23H39N3O7S. The van der Waals surface area contributed by atoms with E-state index >= 15 is 0 Å². The zero-order chi connectivity index (χ0) is 25.8. The van der Waals surface area contributed by atoms with Gasteiger partial charge in [-0.2, -0.15) is 0 Å². The number of carbonyl (C=O) groups excluding carboxylic acids is 1. The van der Waals surface area contributed by atoms with Gasteiger partial charge in [0.2, 0.25) is 15.9 Å². The lowest BCUT2D eigenvalue weighted by atomic mass is 9.76. The highest BCUT2D eigenvalue weighted by molar-refractivity contribution is 7.89. The van der Waals surface area contributed by atoms with Crippen LogP contribution in [0.1, 0.15) is 58.8 Å². The molecule has 0 aromatic heterocycles. The maximum absolute atomic E-state index is 13.3. The van der Waals surface area contributed by atoms with Crippen molar-refractivity contribution >= 4 is 21.9 Å². The zero-order valence-corrected chi connectivity index (χ0v) is 21.1. The third-order valence-corrected chi connectivity index (χ3v) is 7.53. The van der Waals surface area contributed by atoms with Crippen LogP contribution in [0.15, 0.2) is 29.2 Å². The first-order valence-corrected chi connectivity index (χ1v) is 13.0. The van der Waals surface area contributed by atoms with Gasteiger partial charge in [-0.3, -0.25) is 9.59 Å². The number of sulfonamides is 1. The van der Waals surface area contributed by atoms with Crippen LogP contribution >= 0.6 is 0 Å². The lowest BCUT2D eigenvalue weighted by Crippen LogP contribution is -2.50. The number of likely N-dealkylation sites (tertiary alicyclic amines) is 1. The predicted molar refractivity (Wildman–Crippen MR) is 128 cm³/mol. The van der Waals surface area contributed by atoms with E-state index in [9.17, 15) is 23.1 Å². The molecule has 10 nitrogen and oxygen atoms in total. The number of ether oxygens (including phenoxy) is 1. The average Bonchev–Trinajstić information content (AvgIpc) is 2.84. The fourth-order valence-corrected chi connectivity index (χ4v) is 5.09. The Hall–Kier alpha value is -2.21. The summed E-state index contributed by atoms with van der Waals surface area (Å²) in [6.07, 6.45) is 4.02. The summed E-state index contributed by atoms with van der Waals surface area (Å²) in [4.78, 5) is 27.5. The van der Waals surface area contributed by atoms with Gasteiger partial charge in [0.15, 0.2) is 0 Å². The standard InChI is InChI=1S/C23H36N2O6S.H3NO/c1-18(2)12-14-23(22(27)28,21(26)25-16-5-4-6-17-25)13-7-15-24-32(29,30)20-10-8-19(31-3)9-11-20;1-2/h8-11,18,24H,4-7,12-17H2,1-3H3,(H,27,28);2H,1H2/t23-;/m1./s1. The minimum Gasteiger partial charge on any atom is -0.497 e. The Morgan fingerprint density at radius 1 is 1.12 bits per heavy atom. The van der Waals surface area contributed by atoms with E-state index in [2.05, 4.69) is 10.6 Å². The number of hydrogen-bond acceptors (Lipinski definition) is 7. The summed E-state index contributed by atoms with van der Waals surface area (Å²) in [5, 5.41) is 16.6. The second-order valence-electron chi connectivity index (χ2n) is 8.85. The van der Waals surface area contributed by atoms with E-state index in [1.54, 1.807) is 17.0 Å². The lowest BCUT2D eigenvalue weighted by Gasteiger charge is -2.36. The van der Waals surface area contributed by atoms with E-state index in [4.69, 9.17) is 9.94 Å². The van der Waals surface area contributed by atoms with Crippen molar-refractivity contribution in [3.8, 4) is 5.75 Å². The van der Waals surface area contributed by atoms with Crippen molar-refractivity contribution in [2.45, 2.75) is 63.7 Å². The van der Waals surface area contributed by atoms with E-state index in [0.717, 1.165) is 19.3 Å². The van der Waals surface area contributed by atoms with Gasteiger partial charge >= 0.3 is 5.97 Å². The molecule has 1 atom stereocenters. The summed E-state index contributed by atoms with van der Waals surface area (Å²) >= 11 is 0. The Morgan fingerprint density at radius 3 is 2.21 bits per heavy atom. The first-order valence-electron chi connectivity index (χ1n) is 11.5. The van der Waals surface area contributed by atoms with Gasteiger partial charge < -0.3 is 20.0 Å². The van der Waals surface area contributed by atoms with Crippen molar-refractivity contribution in [1.82, 2.24) is 9.62 Å². The molecule has 2 rings (SSSR count). The maximum atomic E-state index is 13.3. The SMILES string of the molecule is COc1ccc(S(=O)(=O)NCCC[C@](CCC(C)C)(C(=O)O)C(=O)N2CCCCC2)cc1.NO. The number of nitrogens with zero attached hydrogens (tertiary/aromatic N) is 1. The topological polar surface area (TPSA) is 159 Å². The van der Waals surface area contributed by atoms with Crippen molar-refractivity contribution in [2.75, 3.05) is 26.7 Å². The van der Waals surface area contributed by atoms with E-state index in [1.807, 2.05) is 13.8 Å². The summed E-state index contributed by atoms with van der Waals surface area (Å²) in [6.45, 7) is 5.22. The molecule has 1 fully saturated rings. The number of hydrogen-bond donors (Lipinski definition) is 4. The summed E-state index contributed by atoms with van der Waals surface area (Å²) in [5.74, 6) is 2.86. The first kappa shape index (κ1) is 29.8. The number of methoxy groups -OCH3 is 1. The highest BCUT2D eigenvalue weighted by Crippen LogP contribution is 2.35. The summed E-state index contributed by atoms with van der Waals surface area (Å²) in [7, 11) is -2.24. The van der Waals surface area contributed by atoms with Crippen LogP contribution < -0.4 is 15.4 Å². The molecular weight excluding hydrogens is 462 g/mol. The third kappa shape index (κ3) is 8.23. The molecule has 0 spiro atoms. The Kier molecular flexibility index (Phi) is 12.5. The van der Waals surface area contributed by atoms with E-state index in [0.29, 0.717) is 25.3 Å². The van der Waals surface area contributed by atoms with Crippen molar-refractivity contribution in [3.63, 3.8) is 0 Å². The Labute approximate surface area is 202 Å². The number of nitrogens with two attached hydrogens (primary N) is 1. The Bertz CT molecular complexity index is 869. The molecule has 5 N–H and O–H groups in total. The van der Waals surface area contributed by atoms with Gasteiger partial charge in [-0.25, -0.2) is 19.0 Å². The van der Waals surface area contributed by atoms with E-state index in [-0.39, 0.29) is 42.5 Å². The molecule has 0 unspecified atom stereocenters. The number of carboxylic acids is 1. The quantitative estimate of drug-likeness (QED) is 0.193. The molecule has 0 aliphatic carbocycles. The van der Waals surface area contributed by atoms with Crippen LogP contribution in [-0.4, -0.2) is 62.3 Å². The van der Waals surface area contributed by atoms with Crippen LogP contribution in [0.4, 0.5) is 0 Å². The molecule has 0 radical (unpaired) electrons. The number of benzene rings is 1. The molecule has 0 bridgehead atoms. The molecule has 1 heterocycles. The fraction of sp³-hybridized carbons (Fsp3) is 0.652. The van der Waals surface area contributed by atoms with Gasteiger partial charge in [0, 0.05) is 19.6 Å². The number of carboxylic acid groups (broad SMARTS) is 1. The maximum Gasteiger partial charge on any atom is 0.319 e. The van der Waals surface area contributed by atoms with Crippen molar-refractivity contribution in [1.29, 1.82) is 0 Å². The van der Waals surface area contributed by atoms with E-state index < -0.39 is 21.4 Å².